The highest BCUT2D eigenvalue weighted by Crippen LogP contribution is 2.39. The number of benzene rings is 2. The van der Waals surface area contributed by atoms with Crippen molar-refractivity contribution >= 4 is 56.0 Å². The number of aromatic nitrogens is 1. The summed E-state index contributed by atoms with van der Waals surface area (Å²) in [6.07, 6.45) is 1.18. The molecule has 0 saturated carbocycles. The Hall–Kier alpha value is -1.84. The molecule has 1 aliphatic rings. The molecule has 3 aromatic rings. The van der Waals surface area contributed by atoms with Gasteiger partial charge in [0.05, 0.1) is 36.5 Å². The van der Waals surface area contributed by atoms with Crippen LogP contribution in [0, 0.1) is 0 Å². The van der Waals surface area contributed by atoms with Gasteiger partial charge in [-0.3, -0.25) is 14.6 Å². The summed E-state index contributed by atoms with van der Waals surface area (Å²) in [6.45, 7) is 9.27. The third kappa shape index (κ3) is 6.89. The monoisotopic (exact) mass is 533 g/mol. The normalized spacial score (nSPS) is 14.5. The van der Waals surface area contributed by atoms with Crippen LogP contribution in [0.3, 0.4) is 0 Å². The molecule has 2 aromatic carbocycles. The van der Waals surface area contributed by atoms with E-state index in [9.17, 15) is 4.79 Å². The van der Waals surface area contributed by atoms with Crippen molar-refractivity contribution in [3.63, 3.8) is 0 Å². The number of methoxy groups -OCH3 is 1. The van der Waals surface area contributed by atoms with E-state index in [0.717, 1.165) is 49.5 Å². The van der Waals surface area contributed by atoms with E-state index in [-0.39, 0.29) is 5.91 Å². The second-order valence-electron chi connectivity index (χ2n) is 8.76. The van der Waals surface area contributed by atoms with Crippen LogP contribution in [-0.4, -0.2) is 67.5 Å². The fraction of sp³-hybridized carbons (Fsp3) is 0.462. The maximum Gasteiger partial charge on any atom is 0.233 e. The summed E-state index contributed by atoms with van der Waals surface area (Å²) in [4.78, 5) is 23.8. The molecular weight excluding hydrogens is 502 g/mol. The highest BCUT2D eigenvalue weighted by Gasteiger charge is 2.23. The SMILES string of the molecule is COc1ccc(Cl)c2sc(N(CCCN3CCOCC3)C(=O)Cc3ccc(SC(C)C)cc3)nc12. The van der Waals surface area contributed by atoms with E-state index in [0.29, 0.717) is 39.6 Å². The summed E-state index contributed by atoms with van der Waals surface area (Å²) in [5.74, 6) is 0.691. The lowest BCUT2D eigenvalue weighted by Crippen LogP contribution is -2.39. The number of carbonyl (C=O) groups excluding carboxylic acids is 1. The highest BCUT2D eigenvalue weighted by molar-refractivity contribution is 7.99. The minimum atomic E-state index is 0.0328. The molecule has 1 aliphatic heterocycles. The van der Waals surface area contributed by atoms with Crippen molar-refractivity contribution in [2.24, 2.45) is 0 Å². The Morgan fingerprint density at radius 1 is 1.23 bits per heavy atom. The van der Waals surface area contributed by atoms with Crippen LogP contribution in [0.1, 0.15) is 25.8 Å². The first-order valence-corrected chi connectivity index (χ1v) is 14.0. The number of fused-ring (bicyclic) bond motifs is 1. The Kier molecular flexibility index (Phi) is 9.30. The van der Waals surface area contributed by atoms with Crippen LogP contribution >= 0.6 is 34.7 Å². The van der Waals surface area contributed by atoms with Crippen molar-refractivity contribution < 1.29 is 14.3 Å². The van der Waals surface area contributed by atoms with Gasteiger partial charge in [-0.05, 0) is 36.2 Å². The first-order chi connectivity index (χ1) is 16.9. The van der Waals surface area contributed by atoms with Gasteiger partial charge in [0.2, 0.25) is 5.91 Å². The maximum absolute atomic E-state index is 13.6. The Labute approximate surface area is 220 Å². The fourth-order valence-electron chi connectivity index (χ4n) is 4.05. The van der Waals surface area contributed by atoms with Gasteiger partial charge < -0.3 is 9.47 Å². The van der Waals surface area contributed by atoms with E-state index in [1.165, 1.54) is 16.2 Å². The van der Waals surface area contributed by atoms with Crippen LogP contribution in [0.25, 0.3) is 10.2 Å². The van der Waals surface area contributed by atoms with Crippen molar-refractivity contribution in [2.75, 3.05) is 51.4 Å². The third-order valence-corrected chi connectivity index (χ3v) is 8.36. The average molecular weight is 534 g/mol. The van der Waals surface area contributed by atoms with Gasteiger partial charge in [0.1, 0.15) is 11.3 Å². The number of nitrogens with zero attached hydrogens (tertiary/aromatic N) is 3. The number of halogens is 1. The molecule has 0 atom stereocenters. The van der Waals surface area contributed by atoms with Gasteiger partial charge in [0.25, 0.3) is 0 Å². The zero-order chi connectivity index (χ0) is 24.8. The smallest absolute Gasteiger partial charge is 0.233 e. The molecule has 1 aromatic heterocycles. The molecule has 0 unspecified atom stereocenters. The van der Waals surface area contributed by atoms with Crippen LogP contribution in [0.2, 0.25) is 5.02 Å². The molecule has 0 aliphatic carbocycles. The number of anilines is 1. The van der Waals surface area contributed by atoms with E-state index in [1.54, 1.807) is 7.11 Å². The number of thiazole rings is 1. The van der Waals surface area contributed by atoms with Gasteiger partial charge >= 0.3 is 0 Å². The lowest BCUT2D eigenvalue weighted by atomic mass is 10.1. The minimum Gasteiger partial charge on any atom is -0.494 e. The molecule has 6 nitrogen and oxygen atoms in total. The Morgan fingerprint density at radius 2 is 1.97 bits per heavy atom. The lowest BCUT2D eigenvalue weighted by Gasteiger charge is -2.27. The molecule has 1 amide bonds. The minimum absolute atomic E-state index is 0.0328. The van der Waals surface area contributed by atoms with E-state index in [2.05, 4.69) is 30.9 Å². The molecule has 0 bridgehead atoms. The molecule has 0 N–H and O–H groups in total. The Morgan fingerprint density at radius 3 is 2.66 bits per heavy atom. The van der Waals surface area contributed by atoms with E-state index in [4.69, 9.17) is 26.1 Å². The van der Waals surface area contributed by atoms with Crippen molar-refractivity contribution in [3.8, 4) is 5.75 Å². The van der Waals surface area contributed by atoms with E-state index < -0.39 is 0 Å². The van der Waals surface area contributed by atoms with E-state index >= 15 is 0 Å². The molecule has 35 heavy (non-hydrogen) atoms. The second-order valence-corrected chi connectivity index (χ2v) is 11.8. The largest absolute Gasteiger partial charge is 0.494 e. The number of morpholine rings is 1. The van der Waals surface area contributed by atoms with Crippen molar-refractivity contribution in [1.29, 1.82) is 0 Å². The van der Waals surface area contributed by atoms with Gasteiger partial charge in [-0.2, -0.15) is 0 Å². The average Bonchev–Trinajstić information content (AvgIpc) is 3.29. The number of amides is 1. The van der Waals surface area contributed by atoms with Gasteiger partial charge in [-0.15, -0.1) is 11.8 Å². The fourth-order valence-corrected chi connectivity index (χ4v) is 6.19. The summed E-state index contributed by atoms with van der Waals surface area (Å²) in [5.41, 5.74) is 1.69. The molecule has 188 valence electrons. The predicted octanol–water partition coefficient (Wildman–Crippen LogP) is 5.76. The number of ether oxygens (including phenoxy) is 2. The molecule has 2 heterocycles. The maximum atomic E-state index is 13.6. The predicted molar refractivity (Wildman–Crippen MR) is 147 cm³/mol. The van der Waals surface area contributed by atoms with Crippen LogP contribution in [0.4, 0.5) is 5.13 Å². The summed E-state index contributed by atoms with van der Waals surface area (Å²) < 4.78 is 11.8. The quantitative estimate of drug-likeness (QED) is 0.309. The van der Waals surface area contributed by atoms with Crippen LogP contribution < -0.4 is 9.64 Å². The molecule has 0 spiro atoms. The van der Waals surface area contributed by atoms with Crippen LogP contribution in [-0.2, 0) is 16.0 Å². The van der Waals surface area contributed by atoms with Gasteiger partial charge in [-0.1, -0.05) is 48.9 Å². The summed E-state index contributed by atoms with van der Waals surface area (Å²) >= 11 is 9.72. The molecule has 9 heteroatoms. The first-order valence-electron chi connectivity index (χ1n) is 11.9. The first kappa shape index (κ1) is 26.2. The van der Waals surface area contributed by atoms with Crippen molar-refractivity contribution in [2.45, 2.75) is 36.8 Å². The zero-order valence-corrected chi connectivity index (χ0v) is 22.8. The third-order valence-electron chi connectivity index (χ3n) is 5.81. The molecule has 1 saturated heterocycles. The van der Waals surface area contributed by atoms with Gasteiger partial charge in [0.15, 0.2) is 5.13 Å². The number of thioether (sulfide) groups is 1. The molecule has 0 radical (unpaired) electrons. The van der Waals surface area contributed by atoms with Gasteiger partial charge in [0, 0.05) is 36.3 Å². The summed E-state index contributed by atoms with van der Waals surface area (Å²) in [7, 11) is 1.62. The standard InChI is InChI=1S/C26H32ClN3O3S2/c1-18(2)34-20-7-5-19(6-8-20)17-23(31)30(12-4-11-29-13-15-33-16-14-29)26-28-24-22(32-3)10-9-21(27)25(24)35-26/h5-10,18H,4,11-17H2,1-3H3. The molecular formula is C26H32ClN3O3S2. The van der Waals surface area contributed by atoms with Crippen LogP contribution in [0.15, 0.2) is 41.3 Å². The number of rotatable bonds is 10. The number of hydrogen-bond donors (Lipinski definition) is 0. The van der Waals surface area contributed by atoms with E-state index in [1.807, 2.05) is 40.9 Å². The lowest BCUT2D eigenvalue weighted by molar-refractivity contribution is -0.118. The van der Waals surface area contributed by atoms with Crippen molar-refractivity contribution in [1.82, 2.24) is 9.88 Å². The second kappa shape index (κ2) is 12.4. The molecule has 4 rings (SSSR count). The summed E-state index contributed by atoms with van der Waals surface area (Å²) in [5, 5.41) is 1.79. The molecule has 1 fully saturated rings. The number of hydrogen-bond acceptors (Lipinski definition) is 7. The number of carbonyl (C=O) groups is 1. The van der Waals surface area contributed by atoms with Crippen LogP contribution in [0.5, 0.6) is 5.75 Å². The summed E-state index contributed by atoms with van der Waals surface area (Å²) in [6, 6.07) is 11.9. The topological polar surface area (TPSA) is 54.9 Å². The Bertz CT molecular complexity index is 1130. The highest BCUT2D eigenvalue weighted by atomic mass is 35.5. The Balaban J connectivity index is 1.54. The van der Waals surface area contributed by atoms with Gasteiger partial charge in [-0.25, -0.2) is 4.98 Å². The zero-order valence-electron chi connectivity index (χ0n) is 20.5. The van der Waals surface area contributed by atoms with Crippen molar-refractivity contribution in [3.05, 3.63) is 47.0 Å².